The highest BCUT2D eigenvalue weighted by Gasteiger charge is 2.15. The minimum Gasteiger partial charge on any atom is -0.365 e. The van der Waals surface area contributed by atoms with Crippen LogP contribution in [0.2, 0.25) is 0 Å². The number of anilines is 1. The number of rotatable bonds is 6. The van der Waals surface area contributed by atoms with Crippen LogP contribution in [0.5, 0.6) is 0 Å². The summed E-state index contributed by atoms with van der Waals surface area (Å²) in [7, 11) is 0. The Balaban J connectivity index is 1.57. The second kappa shape index (κ2) is 8.60. The monoisotopic (exact) mass is 365 g/mol. The molecule has 0 unspecified atom stereocenters. The summed E-state index contributed by atoms with van der Waals surface area (Å²) in [5, 5.41) is 23.0. The summed E-state index contributed by atoms with van der Waals surface area (Å²) < 4.78 is 0. The van der Waals surface area contributed by atoms with E-state index in [9.17, 15) is 15.4 Å². The van der Waals surface area contributed by atoms with Gasteiger partial charge in [-0.2, -0.15) is 5.26 Å². The van der Waals surface area contributed by atoms with Crippen LogP contribution in [0.15, 0.2) is 36.5 Å². The molecule has 1 aliphatic heterocycles. The van der Waals surface area contributed by atoms with Gasteiger partial charge in [-0.15, -0.1) is 0 Å². The lowest BCUT2D eigenvalue weighted by molar-refractivity contribution is -0.385. The van der Waals surface area contributed by atoms with Crippen molar-refractivity contribution in [2.45, 2.75) is 32.9 Å². The number of hydrogen-bond acceptors (Lipinski definition) is 6. The smallest absolute Gasteiger partial charge is 0.289 e. The van der Waals surface area contributed by atoms with Crippen LogP contribution in [0.3, 0.4) is 0 Å². The number of nitriles is 1. The van der Waals surface area contributed by atoms with E-state index in [2.05, 4.69) is 46.4 Å². The molecule has 140 valence electrons. The number of piperidine rings is 1. The van der Waals surface area contributed by atoms with Gasteiger partial charge >= 0.3 is 0 Å². The third kappa shape index (κ3) is 5.02. The first-order valence-corrected chi connectivity index (χ1v) is 9.13. The molecule has 3 rings (SSSR count). The normalized spacial score (nSPS) is 15.3. The van der Waals surface area contributed by atoms with Gasteiger partial charge in [0.25, 0.3) is 5.69 Å². The minimum absolute atomic E-state index is 0.167. The third-order valence-corrected chi connectivity index (χ3v) is 4.97. The van der Waals surface area contributed by atoms with Gasteiger partial charge in [-0.1, -0.05) is 31.2 Å². The van der Waals surface area contributed by atoms with Crippen LogP contribution < -0.4 is 5.32 Å². The quantitative estimate of drug-likeness (QED) is 0.619. The van der Waals surface area contributed by atoms with Crippen molar-refractivity contribution in [3.8, 4) is 6.07 Å². The number of nitrogens with one attached hydrogen (secondary N) is 1. The fraction of sp³-hybridized carbons (Fsp3) is 0.400. The van der Waals surface area contributed by atoms with Gasteiger partial charge in [0.05, 0.1) is 4.92 Å². The van der Waals surface area contributed by atoms with Crippen LogP contribution in [0, 0.1) is 27.4 Å². The topological polar surface area (TPSA) is 95.1 Å². The maximum Gasteiger partial charge on any atom is 0.289 e. The molecule has 1 aliphatic rings. The van der Waals surface area contributed by atoms with E-state index in [0.29, 0.717) is 12.4 Å². The molecular weight excluding hydrogens is 342 g/mol. The van der Waals surface area contributed by atoms with Gasteiger partial charge in [-0.05, 0) is 43.0 Å². The molecule has 0 amide bonds. The van der Waals surface area contributed by atoms with Crippen LogP contribution in [0.4, 0.5) is 11.5 Å². The average molecular weight is 365 g/mol. The average Bonchev–Trinajstić information content (AvgIpc) is 2.69. The summed E-state index contributed by atoms with van der Waals surface area (Å²) in [6.45, 7) is 6.11. The molecule has 0 saturated carbocycles. The van der Waals surface area contributed by atoms with E-state index < -0.39 is 4.92 Å². The molecule has 7 nitrogen and oxygen atoms in total. The van der Waals surface area contributed by atoms with Crippen molar-refractivity contribution in [3.63, 3.8) is 0 Å². The number of benzene rings is 1. The molecule has 0 aliphatic carbocycles. The van der Waals surface area contributed by atoms with E-state index in [1.165, 1.54) is 24.5 Å². The zero-order valence-electron chi connectivity index (χ0n) is 15.4. The number of aromatic nitrogens is 1. The number of nitro groups is 1. The van der Waals surface area contributed by atoms with Gasteiger partial charge in [-0.25, -0.2) is 4.98 Å². The summed E-state index contributed by atoms with van der Waals surface area (Å²) in [6.07, 6.45) is 3.70. The standard InChI is InChI=1S/C20H23N5O2/c1-15-6-8-24(9-7-15)14-17-4-2-16(3-5-17)12-22-20-18(11-21)10-19(13-23-20)25(26)27/h2-5,10,13,15H,6-9,12,14H2,1H3,(H,22,23). The summed E-state index contributed by atoms with van der Waals surface area (Å²) in [6, 6.07) is 11.6. The number of pyridine rings is 1. The second-order valence-corrected chi connectivity index (χ2v) is 7.09. The second-order valence-electron chi connectivity index (χ2n) is 7.09. The largest absolute Gasteiger partial charge is 0.365 e. The molecule has 1 aromatic heterocycles. The predicted octanol–water partition coefficient (Wildman–Crippen LogP) is 3.71. The van der Waals surface area contributed by atoms with Crippen LogP contribution in [0.1, 0.15) is 36.5 Å². The Labute approximate surface area is 158 Å². The lowest BCUT2D eigenvalue weighted by atomic mass is 9.99. The van der Waals surface area contributed by atoms with Gasteiger partial charge in [0.1, 0.15) is 23.6 Å². The van der Waals surface area contributed by atoms with Crippen LogP contribution in [-0.4, -0.2) is 27.9 Å². The van der Waals surface area contributed by atoms with Crippen LogP contribution in [-0.2, 0) is 13.1 Å². The van der Waals surface area contributed by atoms with Crippen molar-refractivity contribution in [2.75, 3.05) is 18.4 Å². The van der Waals surface area contributed by atoms with Gasteiger partial charge < -0.3 is 5.32 Å². The Hall–Kier alpha value is -2.98. The van der Waals surface area contributed by atoms with Gasteiger partial charge in [0.15, 0.2) is 0 Å². The van der Waals surface area contributed by atoms with Gasteiger partial charge in [0.2, 0.25) is 0 Å². The molecule has 1 aromatic carbocycles. The lowest BCUT2D eigenvalue weighted by Crippen LogP contribution is -2.32. The Morgan fingerprint density at radius 1 is 1.30 bits per heavy atom. The zero-order valence-corrected chi connectivity index (χ0v) is 15.4. The number of nitrogens with zero attached hydrogens (tertiary/aromatic N) is 4. The van der Waals surface area contributed by atoms with Gasteiger partial charge in [0, 0.05) is 19.2 Å². The highest BCUT2D eigenvalue weighted by molar-refractivity contribution is 5.55. The minimum atomic E-state index is -0.556. The molecule has 1 fully saturated rings. The summed E-state index contributed by atoms with van der Waals surface area (Å²) in [5.41, 5.74) is 2.34. The maximum absolute atomic E-state index is 10.8. The first-order chi connectivity index (χ1) is 13.0. The molecular formula is C20H23N5O2. The summed E-state index contributed by atoms with van der Waals surface area (Å²) in [5.74, 6) is 1.19. The first kappa shape index (κ1) is 18.8. The molecule has 7 heteroatoms. The highest BCUT2D eigenvalue weighted by Crippen LogP contribution is 2.20. The highest BCUT2D eigenvalue weighted by atomic mass is 16.6. The zero-order chi connectivity index (χ0) is 19.2. The Kier molecular flexibility index (Phi) is 5.99. The van der Waals surface area contributed by atoms with Crippen molar-refractivity contribution in [3.05, 3.63) is 63.3 Å². The summed E-state index contributed by atoms with van der Waals surface area (Å²) in [4.78, 5) is 16.7. The molecule has 1 saturated heterocycles. The van der Waals surface area contributed by atoms with E-state index in [4.69, 9.17) is 0 Å². The third-order valence-electron chi connectivity index (χ3n) is 4.97. The van der Waals surface area contributed by atoms with E-state index in [1.807, 2.05) is 6.07 Å². The van der Waals surface area contributed by atoms with E-state index in [-0.39, 0.29) is 11.3 Å². The Morgan fingerprint density at radius 3 is 2.59 bits per heavy atom. The van der Waals surface area contributed by atoms with Crippen molar-refractivity contribution in [2.24, 2.45) is 5.92 Å². The molecule has 2 aromatic rings. The molecule has 0 atom stereocenters. The van der Waals surface area contributed by atoms with E-state index in [0.717, 1.165) is 37.3 Å². The Morgan fingerprint density at radius 2 is 1.96 bits per heavy atom. The van der Waals surface area contributed by atoms with Crippen molar-refractivity contribution >= 4 is 11.5 Å². The van der Waals surface area contributed by atoms with Gasteiger partial charge in [-0.3, -0.25) is 15.0 Å². The van der Waals surface area contributed by atoms with E-state index >= 15 is 0 Å². The van der Waals surface area contributed by atoms with Crippen molar-refractivity contribution in [1.82, 2.24) is 9.88 Å². The Bertz CT molecular complexity index is 836. The number of hydrogen-bond donors (Lipinski definition) is 1. The summed E-state index contributed by atoms with van der Waals surface area (Å²) >= 11 is 0. The molecule has 0 radical (unpaired) electrons. The molecule has 0 bridgehead atoms. The lowest BCUT2D eigenvalue weighted by Gasteiger charge is -2.30. The maximum atomic E-state index is 10.8. The fourth-order valence-electron chi connectivity index (χ4n) is 3.21. The molecule has 1 N–H and O–H groups in total. The number of likely N-dealkylation sites (tertiary alicyclic amines) is 1. The first-order valence-electron chi connectivity index (χ1n) is 9.13. The molecule has 2 heterocycles. The predicted molar refractivity (Wildman–Crippen MR) is 103 cm³/mol. The van der Waals surface area contributed by atoms with Crippen molar-refractivity contribution < 1.29 is 4.92 Å². The SMILES string of the molecule is CC1CCN(Cc2ccc(CNc3ncc([N+](=O)[O-])cc3C#N)cc2)CC1. The molecule has 27 heavy (non-hydrogen) atoms. The van der Waals surface area contributed by atoms with Crippen LogP contribution >= 0.6 is 0 Å². The molecule has 0 spiro atoms. The van der Waals surface area contributed by atoms with Crippen molar-refractivity contribution in [1.29, 1.82) is 5.26 Å². The fourth-order valence-corrected chi connectivity index (χ4v) is 3.21. The van der Waals surface area contributed by atoms with E-state index in [1.54, 1.807) is 0 Å². The van der Waals surface area contributed by atoms with Crippen LogP contribution in [0.25, 0.3) is 0 Å².